The molecule has 0 aliphatic carbocycles. The van der Waals surface area contributed by atoms with Gasteiger partial charge in [-0.2, -0.15) is 0 Å². The van der Waals surface area contributed by atoms with Gasteiger partial charge in [0.15, 0.2) is 0 Å². The quantitative estimate of drug-likeness (QED) is 0.809. The first-order valence-corrected chi connectivity index (χ1v) is 8.30. The molecule has 0 radical (unpaired) electrons. The molecule has 6 nitrogen and oxygen atoms in total. The average Bonchev–Trinajstić information content (AvgIpc) is 2.66. The Morgan fingerprint density at radius 2 is 1.69 bits per heavy atom. The van der Waals surface area contributed by atoms with Crippen LogP contribution in [0.4, 0.5) is 11.4 Å². The highest BCUT2D eigenvalue weighted by atomic mass is 16.5. The van der Waals surface area contributed by atoms with E-state index in [1.54, 1.807) is 24.3 Å². The first-order chi connectivity index (χ1) is 12.5. The number of hydrogen-bond acceptors (Lipinski definition) is 4. The summed E-state index contributed by atoms with van der Waals surface area (Å²) in [7, 11) is 1.27. The smallest absolute Gasteiger partial charge is 0.339 e. The monoisotopic (exact) mass is 354 g/mol. The molecule has 0 aromatic heterocycles. The second kappa shape index (κ2) is 8.80. The van der Waals surface area contributed by atoms with Gasteiger partial charge < -0.3 is 15.0 Å². The zero-order valence-corrected chi connectivity index (χ0v) is 15.1. The molecule has 0 bridgehead atoms. The molecule has 0 saturated carbocycles. The number of esters is 1. The number of aryl methyl sites for hydroxylation is 1. The summed E-state index contributed by atoms with van der Waals surface area (Å²) in [6.07, 6.45) is 0.913. The van der Waals surface area contributed by atoms with E-state index in [-0.39, 0.29) is 23.9 Å². The minimum atomic E-state index is -0.567. The van der Waals surface area contributed by atoms with Gasteiger partial charge in [-0.3, -0.25) is 9.59 Å². The molecule has 0 aliphatic rings. The molecule has 0 spiro atoms. The number of ether oxygens (including phenoxy) is 1. The van der Waals surface area contributed by atoms with E-state index in [0.29, 0.717) is 11.4 Å². The standard InChI is InChI=1S/C20H22N2O4/c1-4-15-9-11-16(12-10-15)21-19(24)13-22(14(2)23)18-8-6-5-7-17(18)20(25)26-3/h5-12H,4,13H2,1-3H3,(H,21,24). The summed E-state index contributed by atoms with van der Waals surface area (Å²) in [5, 5.41) is 2.76. The van der Waals surface area contributed by atoms with Crippen LogP contribution in [0.2, 0.25) is 0 Å². The Morgan fingerprint density at radius 1 is 1.04 bits per heavy atom. The van der Waals surface area contributed by atoms with Crippen LogP contribution in [0.5, 0.6) is 0 Å². The fourth-order valence-corrected chi connectivity index (χ4v) is 2.53. The van der Waals surface area contributed by atoms with Gasteiger partial charge in [0.25, 0.3) is 0 Å². The van der Waals surface area contributed by atoms with Gasteiger partial charge in [0.2, 0.25) is 11.8 Å². The van der Waals surface area contributed by atoms with Crippen LogP contribution in [0.25, 0.3) is 0 Å². The van der Waals surface area contributed by atoms with Crippen molar-refractivity contribution in [3.8, 4) is 0 Å². The molecule has 2 aromatic rings. The summed E-state index contributed by atoms with van der Waals surface area (Å²) < 4.78 is 4.75. The molecule has 0 saturated heterocycles. The van der Waals surface area contributed by atoms with E-state index < -0.39 is 5.97 Å². The first kappa shape index (κ1) is 19.2. The molecule has 136 valence electrons. The molecule has 2 amide bonds. The van der Waals surface area contributed by atoms with Crippen LogP contribution in [-0.4, -0.2) is 31.4 Å². The van der Waals surface area contributed by atoms with Crippen LogP contribution >= 0.6 is 0 Å². The first-order valence-electron chi connectivity index (χ1n) is 8.30. The lowest BCUT2D eigenvalue weighted by Crippen LogP contribution is -2.37. The molecule has 1 N–H and O–H groups in total. The van der Waals surface area contributed by atoms with E-state index in [0.717, 1.165) is 6.42 Å². The number of para-hydroxylation sites is 1. The minimum absolute atomic E-state index is 0.209. The van der Waals surface area contributed by atoms with Gasteiger partial charge in [-0.15, -0.1) is 0 Å². The fraction of sp³-hybridized carbons (Fsp3) is 0.250. The fourth-order valence-electron chi connectivity index (χ4n) is 2.53. The summed E-state index contributed by atoms with van der Waals surface area (Å²) in [6, 6.07) is 14.0. The number of carbonyl (C=O) groups excluding carboxylic acids is 3. The van der Waals surface area contributed by atoms with Crippen LogP contribution in [0.15, 0.2) is 48.5 Å². The van der Waals surface area contributed by atoms with Crippen LogP contribution < -0.4 is 10.2 Å². The van der Waals surface area contributed by atoms with Gasteiger partial charge in [-0.25, -0.2) is 4.79 Å². The topological polar surface area (TPSA) is 75.7 Å². The minimum Gasteiger partial charge on any atom is -0.465 e. The lowest BCUT2D eigenvalue weighted by molar-refractivity contribution is -0.120. The zero-order valence-electron chi connectivity index (χ0n) is 15.1. The van der Waals surface area contributed by atoms with Crippen LogP contribution in [0.1, 0.15) is 29.8 Å². The number of anilines is 2. The van der Waals surface area contributed by atoms with Gasteiger partial charge in [-0.1, -0.05) is 31.2 Å². The number of hydrogen-bond donors (Lipinski definition) is 1. The summed E-state index contributed by atoms with van der Waals surface area (Å²) >= 11 is 0. The number of benzene rings is 2. The molecular formula is C20H22N2O4. The summed E-state index contributed by atoms with van der Waals surface area (Å²) in [6.45, 7) is 3.19. The molecule has 0 fully saturated rings. The number of nitrogens with zero attached hydrogens (tertiary/aromatic N) is 1. The third-order valence-electron chi connectivity index (χ3n) is 3.93. The maximum Gasteiger partial charge on any atom is 0.339 e. The Morgan fingerprint density at radius 3 is 2.27 bits per heavy atom. The van der Waals surface area contributed by atoms with E-state index in [4.69, 9.17) is 4.74 Å². The van der Waals surface area contributed by atoms with Crippen molar-refractivity contribution in [1.82, 2.24) is 0 Å². The predicted molar refractivity (Wildman–Crippen MR) is 100 cm³/mol. The number of rotatable bonds is 6. The highest BCUT2D eigenvalue weighted by molar-refractivity contribution is 6.06. The van der Waals surface area contributed by atoms with Crippen LogP contribution in [0, 0.1) is 0 Å². The third kappa shape index (κ3) is 4.69. The molecule has 0 atom stereocenters. The maximum absolute atomic E-state index is 12.4. The summed E-state index contributed by atoms with van der Waals surface area (Å²) in [4.78, 5) is 37.6. The zero-order chi connectivity index (χ0) is 19.1. The molecule has 6 heteroatoms. The third-order valence-corrected chi connectivity index (χ3v) is 3.93. The van der Waals surface area contributed by atoms with Crippen molar-refractivity contribution in [2.75, 3.05) is 23.9 Å². The lowest BCUT2D eigenvalue weighted by atomic mass is 10.1. The van der Waals surface area contributed by atoms with Crippen molar-refractivity contribution in [2.24, 2.45) is 0 Å². The van der Waals surface area contributed by atoms with Gasteiger partial charge in [0.1, 0.15) is 6.54 Å². The predicted octanol–water partition coefficient (Wildman–Crippen LogP) is 3.03. The molecular weight excluding hydrogens is 332 g/mol. The Balaban J connectivity index is 2.19. The second-order valence-corrected chi connectivity index (χ2v) is 5.71. The number of carbonyl (C=O) groups is 3. The van der Waals surface area contributed by atoms with Crippen LogP contribution in [-0.2, 0) is 20.7 Å². The molecule has 0 unspecified atom stereocenters. The molecule has 0 heterocycles. The Hall–Kier alpha value is -3.15. The van der Waals surface area contributed by atoms with Gasteiger partial charge in [0, 0.05) is 12.6 Å². The van der Waals surface area contributed by atoms with Gasteiger partial charge in [-0.05, 0) is 36.2 Å². The van der Waals surface area contributed by atoms with Crippen molar-refractivity contribution < 1.29 is 19.1 Å². The molecule has 2 rings (SSSR count). The van der Waals surface area contributed by atoms with Gasteiger partial charge >= 0.3 is 5.97 Å². The average molecular weight is 354 g/mol. The van der Waals surface area contributed by atoms with Crippen LogP contribution in [0.3, 0.4) is 0 Å². The number of nitrogens with one attached hydrogen (secondary N) is 1. The van der Waals surface area contributed by atoms with Crippen molar-refractivity contribution in [2.45, 2.75) is 20.3 Å². The van der Waals surface area contributed by atoms with E-state index in [2.05, 4.69) is 12.2 Å². The molecule has 0 aliphatic heterocycles. The Bertz CT molecular complexity index is 800. The van der Waals surface area contributed by atoms with Crippen molar-refractivity contribution in [3.63, 3.8) is 0 Å². The highest BCUT2D eigenvalue weighted by Crippen LogP contribution is 2.21. The number of methoxy groups -OCH3 is 1. The SMILES string of the molecule is CCc1ccc(NC(=O)CN(C(C)=O)c2ccccc2C(=O)OC)cc1. The Labute approximate surface area is 152 Å². The largest absolute Gasteiger partial charge is 0.465 e. The van der Waals surface area contributed by atoms with E-state index in [1.807, 2.05) is 24.3 Å². The van der Waals surface area contributed by atoms with E-state index in [9.17, 15) is 14.4 Å². The highest BCUT2D eigenvalue weighted by Gasteiger charge is 2.22. The number of amides is 2. The van der Waals surface area contributed by atoms with Gasteiger partial charge in [0.05, 0.1) is 18.4 Å². The van der Waals surface area contributed by atoms with E-state index >= 15 is 0 Å². The maximum atomic E-state index is 12.4. The van der Waals surface area contributed by atoms with Crippen molar-refractivity contribution >= 4 is 29.2 Å². The molecule has 2 aromatic carbocycles. The normalized spacial score (nSPS) is 10.1. The summed E-state index contributed by atoms with van der Waals surface area (Å²) in [5.74, 6) is -1.27. The Kier molecular flexibility index (Phi) is 6.49. The molecule has 26 heavy (non-hydrogen) atoms. The van der Waals surface area contributed by atoms with Crippen molar-refractivity contribution in [1.29, 1.82) is 0 Å². The second-order valence-electron chi connectivity index (χ2n) is 5.71. The van der Waals surface area contributed by atoms with E-state index in [1.165, 1.54) is 24.5 Å². The lowest BCUT2D eigenvalue weighted by Gasteiger charge is -2.22. The van der Waals surface area contributed by atoms with Crippen molar-refractivity contribution in [3.05, 3.63) is 59.7 Å². The summed E-state index contributed by atoms with van der Waals surface area (Å²) in [5.41, 5.74) is 2.38.